The first-order chi connectivity index (χ1) is 16.1. The first kappa shape index (κ1) is 22.7. The molecule has 1 aliphatic rings. The number of carbonyl (C=O) groups excluding carboxylic acids is 1. The average molecular weight is 465 g/mol. The molecule has 0 bridgehead atoms. The molecule has 7 heteroatoms. The van der Waals surface area contributed by atoms with E-state index in [9.17, 15) is 4.79 Å². The van der Waals surface area contributed by atoms with E-state index < -0.39 is 6.10 Å². The molecule has 1 fully saturated rings. The largest absolute Gasteiger partial charge is 0.494 e. The Kier molecular flexibility index (Phi) is 7.15. The number of ether oxygens (including phenoxy) is 3. The van der Waals surface area contributed by atoms with Crippen LogP contribution < -0.4 is 19.1 Å². The molecule has 33 heavy (non-hydrogen) atoms. The fourth-order valence-electron chi connectivity index (χ4n) is 3.53. The molecule has 1 amide bonds. The second kappa shape index (κ2) is 10.4. The number of anilines is 1. The van der Waals surface area contributed by atoms with Gasteiger partial charge in [0.15, 0.2) is 0 Å². The van der Waals surface area contributed by atoms with Gasteiger partial charge in [-0.1, -0.05) is 11.6 Å². The van der Waals surface area contributed by atoms with Crippen molar-refractivity contribution in [2.45, 2.75) is 26.0 Å². The minimum Gasteiger partial charge on any atom is -0.494 e. The highest BCUT2D eigenvalue weighted by Crippen LogP contribution is 2.32. The molecule has 0 aromatic heterocycles. The van der Waals surface area contributed by atoms with Gasteiger partial charge in [0.1, 0.15) is 23.3 Å². The van der Waals surface area contributed by atoms with E-state index >= 15 is 0 Å². The lowest BCUT2D eigenvalue weighted by Gasteiger charge is -2.44. The number of aliphatic imine (C=N–C) groups is 1. The van der Waals surface area contributed by atoms with Gasteiger partial charge in [-0.05, 0) is 86.6 Å². The van der Waals surface area contributed by atoms with Gasteiger partial charge in [-0.2, -0.15) is 0 Å². The Bertz CT molecular complexity index is 1100. The molecular weight excluding hydrogens is 440 g/mol. The molecule has 0 spiro atoms. The Morgan fingerprint density at radius 3 is 1.97 bits per heavy atom. The van der Waals surface area contributed by atoms with Gasteiger partial charge in [0, 0.05) is 16.9 Å². The van der Waals surface area contributed by atoms with E-state index in [1.807, 2.05) is 62.4 Å². The molecule has 1 aliphatic heterocycles. The van der Waals surface area contributed by atoms with Gasteiger partial charge in [0.25, 0.3) is 5.91 Å². The second-order valence-corrected chi connectivity index (χ2v) is 7.76. The predicted octanol–water partition coefficient (Wildman–Crippen LogP) is 5.70. The quantitative estimate of drug-likeness (QED) is 0.301. The highest BCUT2D eigenvalue weighted by Gasteiger charge is 2.49. The maximum Gasteiger partial charge on any atom is 0.271 e. The summed E-state index contributed by atoms with van der Waals surface area (Å²) in [5, 5.41) is 0.604. The van der Waals surface area contributed by atoms with Gasteiger partial charge >= 0.3 is 0 Å². The number of rotatable bonds is 9. The number of halogens is 1. The van der Waals surface area contributed by atoms with E-state index in [1.165, 1.54) is 0 Å². The zero-order chi connectivity index (χ0) is 23.2. The Morgan fingerprint density at radius 2 is 1.39 bits per heavy atom. The fourth-order valence-corrected chi connectivity index (χ4v) is 3.66. The van der Waals surface area contributed by atoms with Crippen LogP contribution in [0.1, 0.15) is 13.8 Å². The van der Waals surface area contributed by atoms with Crippen LogP contribution in [0.2, 0.25) is 5.02 Å². The normalized spacial score (nSPS) is 17.7. The van der Waals surface area contributed by atoms with Gasteiger partial charge in [-0.3, -0.25) is 14.7 Å². The number of hydrogen-bond donors (Lipinski definition) is 0. The first-order valence-electron chi connectivity index (χ1n) is 10.8. The van der Waals surface area contributed by atoms with Crippen LogP contribution >= 0.6 is 11.6 Å². The van der Waals surface area contributed by atoms with Crippen molar-refractivity contribution in [3.05, 3.63) is 77.8 Å². The van der Waals surface area contributed by atoms with Crippen LogP contribution in [0.3, 0.4) is 0 Å². The summed E-state index contributed by atoms with van der Waals surface area (Å²) in [4.78, 5) is 19.3. The van der Waals surface area contributed by atoms with Crippen LogP contribution in [-0.4, -0.2) is 37.5 Å². The Labute approximate surface area is 198 Å². The van der Waals surface area contributed by atoms with Crippen LogP contribution in [0.25, 0.3) is 0 Å². The van der Waals surface area contributed by atoms with Crippen LogP contribution in [-0.2, 0) is 4.79 Å². The standard InChI is InChI=1S/C26H25ClN2O4/c1-3-31-21-13-7-19(8-14-21)28-17-24-25(33-23-11-5-18(27)6-12-23)26(30)29(24)20-9-15-22(16-10-20)32-4-2/h5-17,24-25H,3-4H2,1-2H3/t24-,25+/m0/s1. The lowest BCUT2D eigenvalue weighted by atomic mass is 9.97. The molecule has 1 heterocycles. The van der Waals surface area contributed by atoms with Crippen LogP contribution in [0.15, 0.2) is 77.8 Å². The number of hydrogen-bond acceptors (Lipinski definition) is 5. The lowest BCUT2D eigenvalue weighted by Crippen LogP contribution is -2.68. The zero-order valence-corrected chi connectivity index (χ0v) is 19.2. The Hall–Kier alpha value is -3.51. The molecule has 3 aromatic carbocycles. The highest BCUT2D eigenvalue weighted by atomic mass is 35.5. The van der Waals surface area contributed by atoms with Crippen molar-refractivity contribution >= 4 is 35.1 Å². The van der Waals surface area contributed by atoms with Gasteiger partial charge in [0.2, 0.25) is 6.10 Å². The molecule has 6 nitrogen and oxygen atoms in total. The zero-order valence-electron chi connectivity index (χ0n) is 18.5. The number of β-lactam (4-membered cyclic amide) rings is 1. The summed E-state index contributed by atoms with van der Waals surface area (Å²) in [5.74, 6) is 1.97. The number of nitrogens with zero attached hydrogens (tertiary/aromatic N) is 2. The highest BCUT2D eigenvalue weighted by molar-refractivity contribution is 6.30. The summed E-state index contributed by atoms with van der Waals surface area (Å²) >= 11 is 5.97. The van der Waals surface area contributed by atoms with Crippen molar-refractivity contribution in [3.63, 3.8) is 0 Å². The topological polar surface area (TPSA) is 60.4 Å². The summed E-state index contributed by atoms with van der Waals surface area (Å²) < 4.78 is 17.0. The Morgan fingerprint density at radius 1 is 0.848 bits per heavy atom. The molecule has 3 aromatic rings. The maximum atomic E-state index is 13.0. The summed E-state index contributed by atoms with van der Waals surface area (Å²) in [6.45, 7) is 5.05. The number of carbonyl (C=O) groups is 1. The Balaban J connectivity index is 1.57. The smallest absolute Gasteiger partial charge is 0.271 e. The number of benzene rings is 3. The van der Waals surface area contributed by atoms with Gasteiger partial charge in [-0.25, -0.2) is 0 Å². The first-order valence-corrected chi connectivity index (χ1v) is 11.2. The van der Waals surface area contributed by atoms with Gasteiger partial charge < -0.3 is 14.2 Å². The molecule has 0 unspecified atom stereocenters. The van der Waals surface area contributed by atoms with Gasteiger partial charge in [0.05, 0.1) is 18.9 Å². The minimum absolute atomic E-state index is 0.141. The number of amides is 1. The van der Waals surface area contributed by atoms with E-state index in [2.05, 4.69) is 4.99 Å². The summed E-state index contributed by atoms with van der Waals surface area (Å²) in [6, 6.07) is 21.5. The third-order valence-corrected chi connectivity index (χ3v) is 5.37. The SMILES string of the molecule is CCOc1ccc(N=C[C@H]2[C@@H](Oc3ccc(Cl)cc3)C(=O)N2c2ccc(OCC)cc2)cc1. The van der Waals surface area contributed by atoms with Crippen LogP contribution in [0, 0.1) is 0 Å². The molecule has 4 rings (SSSR count). The van der Waals surface area contributed by atoms with Crippen molar-refractivity contribution < 1.29 is 19.0 Å². The van der Waals surface area contributed by atoms with Crippen molar-refractivity contribution in [3.8, 4) is 17.2 Å². The van der Waals surface area contributed by atoms with E-state index in [0.717, 1.165) is 22.9 Å². The van der Waals surface area contributed by atoms with E-state index in [0.29, 0.717) is 24.0 Å². The molecule has 0 radical (unpaired) electrons. The van der Waals surface area contributed by atoms with Crippen molar-refractivity contribution in [2.75, 3.05) is 18.1 Å². The third-order valence-electron chi connectivity index (χ3n) is 5.12. The molecule has 0 N–H and O–H groups in total. The summed E-state index contributed by atoms with van der Waals surface area (Å²) in [7, 11) is 0. The lowest BCUT2D eigenvalue weighted by molar-refractivity contribution is -0.132. The molecule has 1 saturated heterocycles. The molecule has 0 aliphatic carbocycles. The molecule has 0 saturated carbocycles. The predicted molar refractivity (Wildman–Crippen MR) is 131 cm³/mol. The molecule has 170 valence electrons. The van der Waals surface area contributed by atoms with E-state index in [4.69, 9.17) is 25.8 Å². The fraction of sp³-hybridized carbons (Fsp3) is 0.231. The average Bonchev–Trinajstić information content (AvgIpc) is 2.83. The van der Waals surface area contributed by atoms with Crippen LogP contribution in [0.4, 0.5) is 11.4 Å². The minimum atomic E-state index is -0.691. The second-order valence-electron chi connectivity index (χ2n) is 7.32. The third kappa shape index (κ3) is 5.29. The monoisotopic (exact) mass is 464 g/mol. The van der Waals surface area contributed by atoms with E-state index in [-0.39, 0.29) is 11.9 Å². The van der Waals surface area contributed by atoms with Crippen molar-refractivity contribution in [2.24, 2.45) is 4.99 Å². The van der Waals surface area contributed by atoms with Crippen LogP contribution in [0.5, 0.6) is 17.2 Å². The maximum absolute atomic E-state index is 13.0. The van der Waals surface area contributed by atoms with Gasteiger partial charge in [-0.15, -0.1) is 0 Å². The van der Waals surface area contributed by atoms with Crippen molar-refractivity contribution in [1.82, 2.24) is 0 Å². The molecular formula is C26H25ClN2O4. The van der Waals surface area contributed by atoms with E-state index in [1.54, 1.807) is 35.4 Å². The molecule has 2 atom stereocenters. The summed E-state index contributed by atoms with van der Waals surface area (Å²) in [6.07, 6.45) is 1.05. The van der Waals surface area contributed by atoms with Crippen molar-refractivity contribution in [1.29, 1.82) is 0 Å². The summed E-state index contributed by atoms with van der Waals surface area (Å²) in [5.41, 5.74) is 1.51.